The quantitative estimate of drug-likeness (QED) is 0.877. The van der Waals surface area contributed by atoms with Gasteiger partial charge >= 0.3 is 0 Å². The van der Waals surface area contributed by atoms with Gasteiger partial charge in [0, 0.05) is 12.8 Å². The molecular formula is C12H18N4O. The van der Waals surface area contributed by atoms with E-state index in [1.807, 2.05) is 23.6 Å². The molecule has 0 unspecified atom stereocenters. The maximum atomic E-state index is 5.98. The molecule has 0 radical (unpaired) electrons. The van der Waals surface area contributed by atoms with Gasteiger partial charge in [-0.05, 0) is 32.9 Å². The van der Waals surface area contributed by atoms with Crippen molar-refractivity contribution >= 4 is 17.1 Å². The normalized spacial score (nSPS) is 12.2. The van der Waals surface area contributed by atoms with Crippen LogP contribution >= 0.6 is 0 Å². The highest BCUT2D eigenvalue weighted by molar-refractivity contribution is 5.74. The number of anilines is 1. The van der Waals surface area contributed by atoms with E-state index in [2.05, 4.69) is 23.8 Å². The van der Waals surface area contributed by atoms with E-state index in [1.54, 1.807) is 7.11 Å². The zero-order valence-corrected chi connectivity index (χ0v) is 10.7. The molecule has 0 spiro atoms. The number of hydrogen-bond donors (Lipinski definition) is 1. The van der Waals surface area contributed by atoms with E-state index in [9.17, 15) is 0 Å². The highest BCUT2D eigenvalue weighted by atomic mass is 16.5. The standard InChI is InChI=1S/C12H18N4O/c1-8-5-6-9-10(14-8)16(11(13)15-9)12(2,3)7-17-4/h5-6H,7H2,1-4H3,(H2,13,15). The van der Waals surface area contributed by atoms with E-state index in [0.29, 0.717) is 12.6 Å². The summed E-state index contributed by atoms with van der Waals surface area (Å²) in [5, 5.41) is 0. The number of ether oxygens (including phenoxy) is 1. The fourth-order valence-electron chi connectivity index (χ4n) is 2.08. The van der Waals surface area contributed by atoms with Crippen molar-refractivity contribution in [1.29, 1.82) is 0 Å². The topological polar surface area (TPSA) is 66.0 Å². The molecule has 0 saturated carbocycles. The van der Waals surface area contributed by atoms with Crippen LogP contribution in [0.1, 0.15) is 19.5 Å². The lowest BCUT2D eigenvalue weighted by atomic mass is 10.1. The van der Waals surface area contributed by atoms with E-state index in [1.165, 1.54) is 0 Å². The van der Waals surface area contributed by atoms with Crippen molar-refractivity contribution in [2.24, 2.45) is 0 Å². The second-order valence-corrected chi connectivity index (χ2v) is 4.85. The fraction of sp³-hybridized carbons (Fsp3) is 0.500. The van der Waals surface area contributed by atoms with Crippen LogP contribution < -0.4 is 5.73 Å². The van der Waals surface area contributed by atoms with Gasteiger partial charge in [-0.25, -0.2) is 9.97 Å². The van der Waals surface area contributed by atoms with Gasteiger partial charge in [0.1, 0.15) is 5.52 Å². The van der Waals surface area contributed by atoms with E-state index < -0.39 is 0 Å². The summed E-state index contributed by atoms with van der Waals surface area (Å²) >= 11 is 0. The average molecular weight is 234 g/mol. The third kappa shape index (κ3) is 1.98. The van der Waals surface area contributed by atoms with Crippen molar-refractivity contribution in [2.75, 3.05) is 19.5 Å². The molecule has 17 heavy (non-hydrogen) atoms. The minimum Gasteiger partial charge on any atom is -0.382 e. The van der Waals surface area contributed by atoms with Gasteiger partial charge in [0.15, 0.2) is 5.65 Å². The van der Waals surface area contributed by atoms with E-state index in [-0.39, 0.29) is 5.54 Å². The average Bonchev–Trinajstić information content (AvgIpc) is 2.53. The Balaban J connectivity index is 2.67. The van der Waals surface area contributed by atoms with Crippen LogP contribution in [0.3, 0.4) is 0 Å². The Bertz CT molecular complexity index is 545. The maximum Gasteiger partial charge on any atom is 0.203 e. The van der Waals surface area contributed by atoms with Gasteiger partial charge in [-0.1, -0.05) is 0 Å². The SMILES string of the molecule is COCC(C)(C)n1c(N)nc2ccc(C)nc21. The Hall–Kier alpha value is -1.62. The zero-order chi connectivity index (χ0) is 12.6. The molecule has 5 heteroatoms. The molecular weight excluding hydrogens is 216 g/mol. The van der Waals surface area contributed by atoms with Crippen molar-refractivity contribution in [1.82, 2.24) is 14.5 Å². The zero-order valence-electron chi connectivity index (χ0n) is 10.7. The van der Waals surface area contributed by atoms with Crippen LogP contribution in [-0.4, -0.2) is 28.3 Å². The van der Waals surface area contributed by atoms with Gasteiger partial charge in [0.2, 0.25) is 5.95 Å². The number of fused-ring (bicyclic) bond motifs is 1. The first-order chi connectivity index (χ1) is 7.95. The smallest absolute Gasteiger partial charge is 0.203 e. The number of nitrogens with zero attached hydrogens (tertiary/aromatic N) is 3. The second kappa shape index (κ2) is 4.00. The van der Waals surface area contributed by atoms with Gasteiger partial charge in [0.05, 0.1) is 12.1 Å². The molecule has 0 aliphatic carbocycles. The van der Waals surface area contributed by atoms with Crippen molar-refractivity contribution in [3.8, 4) is 0 Å². The molecule has 0 atom stereocenters. The number of aromatic nitrogens is 3. The predicted octanol–water partition coefficient (Wildman–Crippen LogP) is 1.70. The van der Waals surface area contributed by atoms with Crippen LogP contribution in [0.4, 0.5) is 5.95 Å². The first-order valence-electron chi connectivity index (χ1n) is 5.57. The van der Waals surface area contributed by atoms with E-state index in [0.717, 1.165) is 16.9 Å². The van der Waals surface area contributed by atoms with Crippen LogP contribution in [-0.2, 0) is 10.3 Å². The minimum atomic E-state index is -0.269. The van der Waals surface area contributed by atoms with Crippen molar-refractivity contribution < 1.29 is 4.74 Å². The number of methoxy groups -OCH3 is 1. The Kier molecular flexibility index (Phi) is 2.79. The lowest BCUT2D eigenvalue weighted by Gasteiger charge is -2.26. The predicted molar refractivity (Wildman–Crippen MR) is 67.9 cm³/mol. The molecule has 0 bridgehead atoms. The summed E-state index contributed by atoms with van der Waals surface area (Å²) in [7, 11) is 1.68. The van der Waals surface area contributed by atoms with Gasteiger partial charge in [-0.15, -0.1) is 0 Å². The molecule has 2 aromatic rings. The Morgan fingerprint density at radius 1 is 1.35 bits per heavy atom. The van der Waals surface area contributed by atoms with Crippen molar-refractivity contribution in [2.45, 2.75) is 26.3 Å². The molecule has 2 heterocycles. The highest BCUT2D eigenvalue weighted by Crippen LogP contribution is 2.26. The van der Waals surface area contributed by atoms with Crippen LogP contribution in [0.5, 0.6) is 0 Å². The maximum absolute atomic E-state index is 5.98. The number of rotatable bonds is 3. The fourth-order valence-corrected chi connectivity index (χ4v) is 2.08. The Morgan fingerprint density at radius 3 is 2.71 bits per heavy atom. The lowest BCUT2D eigenvalue weighted by molar-refractivity contribution is 0.113. The monoisotopic (exact) mass is 234 g/mol. The number of hydrogen-bond acceptors (Lipinski definition) is 4. The van der Waals surface area contributed by atoms with Gasteiger partial charge in [-0.3, -0.25) is 4.57 Å². The Labute approximate surface area is 101 Å². The molecule has 5 nitrogen and oxygen atoms in total. The van der Waals surface area contributed by atoms with Crippen molar-refractivity contribution in [3.63, 3.8) is 0 Å². The molecule has 0 amide bonds. The summed E-state index contributed by atoms with van der Waals surface area (Å²) in [6.45, 7) is 6.62. The lowest BCUT2D eigenvalue weighted by Crippen LogP contribution is -2.32. The summed E-state index contributed by atoms with van der Waals surface area (Å²) in [4.78, 5) is 8.84. The highest BCUT2D eigenvalue weighted by Gasteiger charge is 2.25. The van der Waals surface area contributed by atoms with Gasteiger partial charge < -0.3 is 10.5 Å². The molecule has 2 rings (SSSR count). The molecule has 2 aromatic heterocycles. The van der Waals surface area contributed by atoms with Crippen LogP contribution in [0.2, 0.25) is 0 Å². The number of aryl methyl sites for hydroxylation is 1. The summed E-state index contributed by atoms with van der Waals surface area (Å²) in [6.07, 6.45) is 0. The first-order valence-corrected chi connectivity index (χ1v) is 5.57. The number of nitrogens with two attached hydrogens (primary N) is 1. The van der Waals surface area contributed by atoms with Crippen molar-refractivity contribution in [3.05, 3.63) is 17.8 Å². The first kappa shape index (κ1) is 11.9. The molecule has 0 aliphatic rings. The Morgan fingerprint density at radius 2 is 2.06 bits per heavy atom. The van der Waals surface area contributed by atoms with Gasteiger partial charge in [0.25, 0.3) is 0 Å². The summed E-state index contributed by atoms with van der Waals surface area (Å²) in [5.74, 6) is 0.472. The van der Waals surface area contributed by atoms with E-state index in [4.69, 9.17) is 10.5 Å². The summed E-state index contributed by atoms with van der Waals surface area (Å²) in [5.41, 5.74) is 8.28. The molecule has 92 valence electrons. The molecule has 0 saturated heterocycles. The van der Waals surface area contributed by atoms with Gasteiger partial charge in [-0.2, -0.15) is 0 Å². The molecule has 0 fully saturated rings. The van der Waals surface area contributed by atoms with Crippen LogP contribution in [0.15, 0.2) is 12.1 Å². The summed E-state index contributed by atoms with van der Waals surface area (Å²) < 4.78 is 7.16. The van der Waals surface area contributed by atoms with Crippen LogP contribution in [0.25, 0.3) is 11.2 Å². The second-order valence-electron chi connectivity index (χ2n) is 4.85. The third-order valence-corrected chi connectivity index (χ3v) is 2.77. The largest absolute Gasteiger partial charge is 0.382 e. The third-order valence-electron chi connectivity index (χ3n) is 2.77. The number of imidazole rings is 1. The molecule has 0 aromatic carbocycles. The number of nitrogen functional groups attached to an aromatic ring is 1. The van der Waals surface area contributed by atoms with E-state index >= 15 is 0 Å². The number of pyridine rings is 1. The minimum absolute atomic E-state index is 0.269. The molecule has 2 N–H and O–H groups in total. The molecule has 0 aliphatic heterocycles. The summed E-state index contributed by atoms with van der Waals surface area (Å²) in [6, 6.07) is 3.87. The van der Waals surface area contributed by atoms with Crippen LogP contribution in [0, 0.1) is 6.92 Å².